The van der Waals surface area contributed by atoms with Crippen LogP contribution in [0, 0.1) is 6.92 Å². The molecule has 1 saturated heterocycles. The summed E-state index contributed by atoms with van der Waals surface area (Å²) >= 11 is 0. The monoisotopic (exact) mass is 502 g/mol. The Morgan fingerprint density at radius 1 is 0.919 bits per heavy atom. The van der Waals surface area contributed by atoms with Crippen LogP contribution in [0.4, 0.5) is 5.95 Å². The van der Waals surface area contributed by atoms with Gasteiger partial charge in [0, 0.05) is 45.8 Å². The Morgan fingerprint density at radius 3 is 2.19 bits per heavy atom. The van der Waals surface area contributed by atoms with Crippen molar-refractivity contribution in [2.45, 2.75) is 13.5 Å². The largest absolute Gasteiger partial charge is 0.497 e. The number of imidazole rings is 1. The molecule has 0 bridgehead atoms. The van der Waals surface area contributed by atoms with Gasteiger partial charge >= 0.3 is 5.69 Å². The molecule has 0 N–H and O–H groups in total. The third-order valence-electron chi connectivity index (χ3n) is 6.98. The Kier molecular flexibility index (Phi) is 6.32. The number of aryl methyl sites for hydroxylation is 2. The number of nitrogens with zero attached hydrogens (tertiary/aromatic N) is 6. The van der Waals surface area contributed by atoms with Gasteiger partial charge in [0.1, 0.15) is 5.75 Å². The van der Waals surface area contributed by atoms with Crippen molar-refractivity contribution in [2.75, 3.05) is 38.2 Å². The number of carbonyl (C=O) groups is 1. The second-order valence-corrected chi connectivity index (χ2v) is 9.37. The summed E-state index contributed by atoms with van der Waals surface area (Å²) in [5, 5.41) is 0. The first-order chi connectivity index (χ1) is 17.8. The highest BCUT2D eigenvalue weighted by molar-refractivity contribution is 5.94. The second-order valence-electron chi connectivity index (χ2n) is 9.37. The third-order valence-corrected chi connectivity index (χ3v) is 6.98. The highest BCUT2D eigenvalue weighted by Crippen LogP contribution is 2.23. The van der Waals surface area contributed by atoms with E-state index in [1.54, 1.807) is 38.4 Å². The fourth-order valence-electron chi connectivity index (χ4n) is 4.73. The number of benzene rings is 2. The number of rotatable bonds is 5. The van der Waals surface area contributed by atoms with Crippen LogP contribution >= 0.6 is 0 Å². The third kappa shape index (κ3) is 4.39. The van der Waals surface area contributed by atoms with Gasteiger partial charge in [-0.2, -0.15) is 4.98 Å². The number of hydrogen-bond acceptors (Lipinski definition) is 6. The minimum Gasteiger partial charge on any atom is -0.497 e. The lowest BCUT2D eigenvalue weighted by molar-refractivity contribution is 0.0746. The minimum atomic E-state index is -0.418. The summed E-state index contributed by atoms with van der Waals surface area (Å²) < 4.78 is 9.61. The number of aromatic nitrogens is 4. The molecule has 2 aromatic heterocycles. The van der Waals surface area contributed by atoms with E-state index in [1.807, 2.05) is 40.7 Å². The van der Waals surface area contributed by atoms with Gasteiger partial charge in [-0.1, -0.05) is 29.8 Å². The molecule has 1 aliphatic rings. The zero-order chi connectivity index (χ0) is 26.3. The lowest BCUT2D eigenvalue weighted by atomic mass is 10.1. The van der Waals surface area contributed by atoms with Crippen LogP contribution in [0.3, 0.4) is 0 Å². The van der Waals surface area contributed by atoms with Crippen molar-refractivity contribution >= 4 is 23.0 Å². The average Bonchev–Trinajstić information content (AvgIpc) is 3.31. The predicted molar refractivity (Wildman–Crippen MR) is 142 cm³/mol. The molecule has 1 aliphatic heterocycles. The average molecular weight is 503 g/mol. The van der Waals surface area contributed by atoms with Gasteiger partial charge in [0.25, 0.3) is 11.5 Å². The van der Waals surface area contributed by atoms with E-state index in [0.717, 1.165) is 15.7 Å². The van der Waals surface area contributed by atoms with E-state index < -0.39 is 5.69 Å². The first kappa shape index (κ1) is 24.4. The van der Waals surface area contributed by atoms with Crippen LogP contribution in [0.25, 0.3) is 11.2 Å². The molecule has 0 radical (unpaired) electrons. The van der Waals surface area contributed by atoms with Crippen LogP contribution in [0.1, 0.15) is 21.5 Å². The van der Waals surface area contributed by atoms with Gasteiger partial charge in [-0.15, -0.1) is 0 Å². The van der Waals surface area contributed by atoms with Crippen molar-refractivity contribution in [3.05, 3.63) is 86.1 Å². The number of carbonyl (C=O) groups excluding carboxylic acids is 1. The molecular weight excluding hydrogens is 472 g/mol. The Balaban J connectivity index is 1.48. The van der Waals surface area contributed by atoms with Gasteiger partial charge in [-0.3, -0.25) is 23.3 Å². The maximum atomic E-state index is 13.2. The molecule has 5 rings (SSSR count). The van der Waals surface area contributed by atoms with Crippen LogP contribution in [-0.2, 0) is 20.6 Å². The second kappa shape index (κ2) is 9.61. The summed E-state index contributed by atoms with van der Waals surface area (Å²) in [7, 11) is 4.70. The number of anilines is 1. The molecule has 1 amide bonds. The van der Waals surface area contributed by atoms with Crippen molar-refractivity contribution in [3.8, 4) is 5.75 Å². The number of methoxy groups -OCH3 is 1. The van der Waals surface area contributed by atoms with Gasteiger partial charge in [-0.25, -0.2) is 4.79 Å². The van der Waals surface area contributed by atoms with Crippen LogP contribution in [0.2, 0.25) is 0 Å². The topological polar surface area (TPSA) is 94.6 Å². The summed E-state index contributed by atoms with van der Waals surface area (Å²) in [5.74, 6) is 1.28. The summed E-state index contributed by atoms with van der Waals surface area (Å²) in [6.07, 6.45) is 0. The minimum absolute atomic E-state index is 0.0354. The molecule has 10 heteroatoms. The number of amides is 1. The predicted octanol–water partition coefficient (Wildman–Crippen LogP) is 1.76. The number of piperazine rings is 1. The van der Waals surface area contributed by atoms with Gasteiger partial charge in [0.05, 0.1) is 13.7 Å². The fourth-order valence-corrected chi connectivity index (χ4v) is 4.73. The zero-order valence-electron chi connectivity index (χ0n) is 21.5. The van der Waals surface area contributed by atoms with Crippen LogP contribution < -0.4 is 20.9 Å². The van der Waals surface area contributed by atoms with Crippen LogP contribution in [-0.4, -0.2) is 62.8 Å². The molecule has 0 saturated carbocycles. The zero-order valence-corrected chi connectivity index (χ0v) is 21.5. The fraction of sp³-hybridized carbons (Fsp3) is 0.333. The summed E-state index contributed by atoms with van der Waals surface area (Å²) in [6, 6.07) is 15.2. The SMILES string of the molecule is COc1ccc(C(=O)N2CCN(c3nc4c(c(=O)n(C)c(=O)n4C)n3Cc3ccc(C)cc3)CC2)cc1. The van der Waals surface area contributed by atoms with Crippen molar-refractivity contribution in [1.29, 1.82) is 0 Å². The number of ether oxygens (including phenoxy) is 1. The smallest absolute Gasteiger partial charge is 0.332 e. The van der Waals surface area contributed by atoms with E-state index in [1.165, 1.54) is 11.6 Å². The van der Waals surface area contributed by atoms with Crippen LogP contribution in [0.5, 0.6) is 5.75 Å². The molecule has 4 aromatic rings. The summed E-state index contributed by atoms with van der Waals surface area (Å²) in [4.78, 5) is 47.5. The Morgan fingerprint density at radius 2 is 1.57 bits per heavy atom. The lowest BCUT2D eigenvalue weighted by Gasteiger charge is -2.35. The maximum absolute atomic E-state index is 13.2. The molecule has 10 nitrogen and oxygen atoms in total. The summed E-state index contributed by atoms with van der Waals surface area (Å²) in [5.41, 5.74) is 2.73. The van der Waals surface area contributed by atoms with Crippen molar-refractivity contribution in [1.82, 2.24) is 23.6 Å². The first-order valence-electron chi connectivity index (χ1n) is 12.2. The Hall–Kier alpha value is -4.34. The molecule has 0 spiro atoms. The van der Waals surface area contributed by atoms with Crippen LogP contribution in [0.15, 0.2) is 58.1 Å². The van der Waals surface area contributed by atoms with Gasteiger partial charge in [0.15, 0.2) is 11.2 Å². The first-order valence-corrected chi connectivity index (χ1v) is 12.2. The number of hydrogen-bond donors (Lipinski definition) is 0. The molecule has 37 heavy (non-hydrogen) atoms. The van der Waals surface area contributed by atoms with Gasteiger partial charge < -0.3 is 14.5 Å². The highest BCUT2D eigenvalue weighted by Gasteiger charge is 2.27. The van der Waals surface area contributed by atoms with E-state index in [4.69, 9.17) is 9.72 Å². The van der Waals surface area contributed by atoms with Crippen molar-refractivity contribution < 1.29 is 9.53 Å². The highest BCUT2D eigenvalue weighted by atomic mass is 16.5. The molecule has 3 heterocycles. The molecule has 2 aromatic carbocycles. The normalized spacial score (nSPS) is 13.8. The molecule has 192 valence electrons. The Bertz CT molecular complexity index is 1570. The maximum Gasteiger partial charge on any atom is 0.332 e. The van der Waals surface area contributed by atoms with E-state index in [9.17, 15) is 14.4 Å². The molecule has 0 unspecified atom stereocenters. The van der Waals surface area contributed by atoms with Gasteiger partial charge in [0.2, 0.25) is 5.95 Å². The standard InChI is InChI=1S/C27H30N6O4/c1-18-5-7-19(8-6-18)17-33-22-23(29(2)27(36)30(3)25(22)35)28-26(33)32-15-13-31(14-16-32)24(34)20-9-11-21(37-4)12-10-20/h5-12H,13-17H2,1-4H3. The molecule has 0 atom stereocenters. The van der Waals surface area contributed by atoms with E-state index in [2.05, 4.69) is 4.90 Å². The number of fused-ring (bicyclic) bond motifs is 1. The van der Waals surface area contributed by atoms with Crippen molar-refractivity contribution in [2.24, 2.45) is 14.1 Å². The summed E-state index contributed by atoms with van der Waals surface area (Å²) in [6.45, 7) is 4.58. The van der Waals surface area contributed by atoms with E-state index in [-0.39, 0.29) is 11.5 Å². The van der Waals surface area contributed by atoms with E-state index >= 15 is 0 Å². The molecule has 1 fully saturated rings. The quantitative estimate of drug-likeness (QED) is 0.413. The van der Waals surface area contributed by atoms with E-state index in [0.29, 0.717) is 61.1 Å². The Labute approximate surface area is 213 Å². The van der Waals surface area contributed by atoms with Gasteiger partial charge in [-0.05, 0) is 36.8 Å². The lowest BCUT2D eigenvalue weighted by Crippen LogP contribution is -2.49. The molecular formula is C27H30N6O4. The molecule has 0 aliphatic carbocycles. The van der Waals surface area contributed by atoms with Crippen molar-refractivity contribution in [3.63, 3.8) is 0 Å².